The van der Waals surface area contributed by atoms with Gasteiger partial charge in [0.15, 0.2) is 0 Å². The number of nitrogens with one attached hydrogen (secondary N) is 1. The van der Waals surface area contributed by atoms with E-state index in [1.807, 2.05) is 6.07 Å². The van der Waals surface area contributed by atoms with Crippen molar-refractivity contribution in [3.05, 3.63) is 23.3 Å². The first-order valence-electron chi connectivity index (χ1n) is 13.0. The molecule has 1 fully saturated rings. The predicted octanol–water partition coefficient (Wildman–Crippen LogP) is 6.28. The van der Waals surface area contributed by atoms with E-state index in [-0.39, 0.29) is 23.5 Å². The minimum Gasteiger partial charge on any atom is -0.508 e. The molecule has 1 unspecified atom stereocenters. The van der Waals surface area contributed by atoms with Crippen molar-refractivity contribution in [2.45, 2.75) is 116 Å². The monoisotopic (exact) mass is 445 g/mol. The molecule has 0 aromatic heterocycles. The predicted molar refractivity (Wildman–Crippen MR) is 133 cm³/mol. The van der Waals surface area contributed by atoms with Crippen LogP contribution in [0.15, 0.2) is 12.1 Å². The number of fused-ring (bicyclic) bond motifs is 3. The number of hydrogen-bond acceptors (Lipinski definition) is 4. The molecule has 4 nitrogen and oxygen atoms in total. The maximum Gasteiger partial charge on any atom is 0.127 e. The molecule has 3 atom stereocenters. The standard InChI is InChI=1S/C28H47NO3/c1-19(2)29-14-10-8-7-9-13-27(3,4)21-16-24(31)26-22-15-20(18-30)11-12-23(22)28(5,6)32-25(26)17-21/h16-17,19-20,22-23,29-31H,7-15,18H2,1-6H3/t20-,22?,23-/m1/s1. The van der Waals surface area contributed by atoms with E-state index in [2.05, 4.69) is 52.9 Å². The van der Waals surface area contributed by atoms with Gasteiger partial charge in [0.2, 0.25) is 0 Å². The van der Waals surface area contributed by atoms with Crippen LogP contribution in [0.3, 0.4) is 0 Å². The van der Waals surface area contributed by atoms with Gasteiger partial charge in [-0.05, 0) is 87.4 Å². The third kappa shape index (κ3) is 5.80. The molecule has 32 heavy (non-hydrogen) atoms. The van der Waals surface area contributed by atoms with Gasteiger partial charge in [-0.2, -0.15) is 0 Å². The van der Waals surface area contributed by atoms with Gasteiger partial charge in [-0.25, -0.2) is 0 Å². The lowest BCUT2D eigenvalue weighted by atomic mass is 9.63. The second-order valence-corrected chi connectivity index (χ2v) is 11.8. The van der Waals surface area contributed by atoms with Crippen LogP contribution >= 0.6 is 0 Å². The van der Waals surface area contributed by atoms with Gasteiger partial charge < -0.3 is 20.3 Å². The van der Waals surface area contributed by atoms with Crippen LogP contribution in [0.1, 0.15) is 110 Å². The highest BCUT2D eigenvalue weighted by molar-refractivity contribution is 5.53. The summed E-state index contributed by atoms with van der Waals surface area (Å²) in [5.41, 5.74) is 1.88. The van der Waals surface area contributed by atoms with Gasteiger partial charge in [0, 0.05) is 24.1 Å². The van der Waals surface area contributed by atoms with Gasteiger partial charge >= 0.3 is 0 Å². The van der Waals surface area contributed by atoms with Gasteiger partial charge in [0.1, 0.15) is 17.1 Å². The summed E-state index contributed by atoms with van der Waals surface area (Å²) in [5.74, 6) is 2.21. The molecular formula is C28H47NO3. The van der Waals surface area contributed by atoms with E-state index in [1.54, 1.807) is 0 Å². The van der Waals surface area contributed by atoms with Crippen molar-refractivity contribution < 1.29 is 14.9 Å². The Kier molecular flexibility index (Phi) is 8.20. The van der Waals surface area contributed by atoms with Crippen LogP contribution in [0.5, 0.6) is 11.5 Å². The van der Waals surface area contributed by atoms with Crippen molar-refractivity contribution >= 4 is 0 Å². The molecule has 1 aliphatic heterocycles. The smallest absolute Gasteiger partial charge is 0.127 e. The zero-order valence-electron chi connectivity index (χ0n) is 21.3. The van der Waals surface area contributed by atoms with Gasteiger partial charge in [-0.15, -0.1) is 0 Å². The number of hydrogen-bond donors (Lipinski definition) is 3. The first-order valence-corrected chi connectivity index (χ1v) is 13.0. The molecule has 182 valence electrons. The van der Waals surface area contributed by atoms with Crippen molar-refractivity contribution in [2.75, 3.05) is 13.2 Å². The molecule has 0 amide bonds. The zero-order chi connectivity index (χ0) is 23.5. The molecule has 0 radical (unpaired) electrons. The molecule has 0 bridgehead atoms. The lowest BCUT2D eigenvalue weighted by Crippen LogP contribution is -2.47. The second kappa shape index (κ2) is 10.3. The molecule has 1 aromatic rings. The fourth-order valence-corrected chi connectivity index (χ4v) is 5.97. The maximum atomic E-state index is 11.1. The zero-order valence-corrected chi connectivity index (χ0v) is 21.3. The minimum atomic E-state index is -0.253. The van der Waals surface area contributed by atoms with Crippen molar-refractivity contribution in [1.29, 1.82) is 0 Å². The van der Waals surface area contributed by atoms with E-state index in [0.717, 1.165) is 43.5 Å². The summed E-state index contributed by atoms with van der Waals surface area (Å²) in [5, 5.41) is 24.4. The molecule has 4 heteroatoms. The first-order chi connectivity index (χ1) is 15.0. The Morgan fingerprint density at radius 2 is 1.84 bits per heavy atom. The van der Waals surface area contributed by atoms with Crippen LogP contribution in [0.4, 0.5) is 0 Å². The molecule has 1 aliphatic carbocycles. The number of aromatic hydroxyl groups is 1. The topological polar surface area (TPSA) is 61.7 Å². The normalized spacial score (nSPS) is 24.7. The van der Waals surface area contributed by atoms with Crippen LogP contribution < -0.4 is 10.1 Å². The minimum absolute atomic E-state index is 0.00670. The summed E-state index contributed by atoms with van der Waals surface area (Å²) in [6.45, 7) is 14.7. The van der Waals surface area contributed by atoms with Crippen LogP contribution in [-0.2, 0) is 5.41 Å². The number of benzene rings is 1. The van der Waals surface area contributed by atoms with Gasteiger partial charge in [0.05, 0.1) is 0 Å². The lowest BCUT2D eigenvalue weighted by Gasteiger charge is -2.49. The fraction of sp³-hybridized carbons (Fsp3) is 0.786. The van der Waals surface area contributed by atoms with E-state index in [9.17, 15) is 10.2 Å². The molecule has 2 aliphatic rings. The number of rotatable bonds is 10. The van der Waals surface area contributed by atoms with E-state index in [4.69, 9.17) is 4.74 Å². The van der Waals surface area contributed by atoms with E-state index < -0.39 is 0 Å². The van der Waals surface area contributed by atoms with Crippen LogP contribution in [-0.4, -0.2) is 35.0 Å². The van der Waals surface area contributed by atoms with Crippen molar-refractivity contribution in [1.82, 2.24) is 5.32 Å². The molecule has 3 N–H and O–H groups in total. The van der Waals surface area contributed by atoms with Gasteiger partial charge in [0.25, 0.3) is 0 Å². The average Bonchev–Trinajstić information content (AvgIpc) is 2.71. The van der Waals surface area contributed by atoms with E-state index >= 15 is 0 Å². The van der Waals surface area contributed by atoms with Gasteiger partial charge in [-0.3, -0.25) is 0 Å². The van der Waals surface area contributed by atoms with E-state index in [1.165, 1.54) is 31.2 Å². The largest absolute Gasteiger partial charge is 0.508 e. The Hall–Kier alpha value is -1.26. The summed E-state index contributed by atoms with van der Waals surface area (Å²) in [6.07, 6.45) is 9.06. The summed E-state index contributed by atoms with van der Waals surface area (Å²) in [7, 11) is 0. The van der Waals surface area contributed by atoms with Crippen LogP contribution in [0, 0.1) is 11.8 Å². The van der Waals surface area contributed by atoms with Crippen molar-refractivity contribution in [2.24, 2.45) is 11.8 Å². The molecule has 3 rings (SSSR count). The van der Waals surface area contributed by atoms with Crippen LogP contribution in [0.25, 0.3) is 0 Å². The van der Waals surface area contributed by atoms with Crippen molar-refractivity contribution in [3.8, 4) is 11.5 Å². The Morgan fingerprint density at radius 1 is 1.12 bits per heavy atom. The van der Waals surface area contributed by atoms with E-state index in [0.29, 0.717) is 23.6 Å². The quantitative estimate of drug-likeness (QED) is 0.371. The Morgan fingerprint density at radius 3 is 2.53 bits per heavy atom. The Bertz CT molecular complexity index is 755. The molecule has 1 aromatic carbocycles. The van der Waals surface area contributed by atoms with Crippen molar-refractivity contribution in [3.63, 3.8) is 0 Å². The Labute approximate surface area is 196 Å². The highest BCUT2D eigenvalue weighted by Gasteiger charge is 2.47. The summed E-state index contributed by atoms with van der Waals surface area (Å²) in [6, 6.07) is 4.76. The number of phenolic OH excluding ortho intramolecular Hbond substituents is 1. The summed E-state index contributed by atoms with van der Waals surface area (Å²) in [4.78, 5) is 0. The fourth-order valence-electron chi connectivity index (χ4n) is 5.97. The summed E-state index contributed by atoms with van der Waals surface area (Å²) >= 11 is 0. The molecule has 0 spiro atoms. The number of phenols is 1. The summed E-state index contributed by atoms with van der Waals surface area (Å²) < 4.78 is 6.53. The maximum absolute atomic E-state index is 11.1. The number of ether oxygens (including phenoxy) is 1. The van der Waals surface area contributed by atoms with Crippen LogP contribution in [0.2, 0.25) is 0 Å². The third-order valence-corrected chi connectivity index (χ3v) is 8.04. The molecule has 1 heterocycles. The average molecular weight is 446 g/mol. The second-order valence-electron chi connectivity index (χ2n) is 11.8. The highest BCUT2D eigenvalue weighted by Crippen LogP contribution is 2.56. The number of aliphatic hydroxyl groups excluding tert-OH is 1. The molecule has 0 saturated heterocycles. The third-order valence-electron chi connectivity index (χ3n) is 8.04. The molecular weight excluding hydrogens is 398 g/mol. The number of unbranched alkanes of at least 4 members (excludes halogenated alkanes) is 3. The van der Waals surface area contributed by atoms with Gasteiger partial charge in [-0.1, -0.05) is 47.0 Å². The first kappa shape index (κ1) is 25.4. The lowest BCUT2D eigenvalue weighted by molar-refractivity contribution is -0.0211. The SMILES string of the molecule is CC(C)NCCCCCCC(C)(C)c1cc(O)c2c(c1)OC(C)(C)[C@@H]1CC[C@@H](CO)CC21. The molecule has 1 saturated carbocycles. The Balaban J connectivity index is 1.70. The number of aliphatic hydroxyl groups is 1. The highest BCUT2D eigenvalue weighted by atomic mass is 16.5.